The van der Waals surface area contributed by atoms with Gasteiger partial charge in [-0.05, 0) is 12.1 Å². The first-order valence-corrected chi connectivity index (χ1v) is 5.38. The maximum absolute atomic E-state index is 10.6. The van der Waals surface area contributed by atoms with Gasteiger partial charge in [0.25, 0.3) is 0 Å². The lowest BCUT2D eigenvalue weighted by molar-refractivity contribution is -0.384. The number of aromatic nitrogens is 2. The summed E-state index contributed by atoms with van der Waals surface area (Å²) >= 11 is 5.98. The summed E-state index contributed by atoms with van der Waals surface area (Å²) in [6, 6.07) is 4.77. The van der Waals surface area contributed by atoms with E-state index in [1.54, 1.807) is 18.2 Å². The van der Waals surface area contributed by atoms with Crippen molar-refractivity contribution in [1.82, 2.24) is 9.78 Å². The molecule has 0 spiro atoms. The second kappa shape index (κ2) is 4.94. The fraction of sp³-hybridized carbons (Fsp3) is 0. The zero-order valence-corrected chi connectivity index (χ0v) is 10.2. The Hall–Kier alpha value is -2.61. The Morgan fingerprint density at radius 2 is 2.32 bits per heavy atom. The molecule has 19 heavy (non-hydrogen) atoms. The molecule has 0 fully saturated rings. The lowest BCUT2D eigenvalue weighted by Gasteiger charge is -2.09. The highest BCUT2D eigenvalue weighted by atomic mass is 35.5. The summed E-state index contributed by atoms with van der Waals surface area (Å²) in [6.45, 7) is 0. The highest BCUT2D eigenvalue weighted by Gasteiger charge is 2.16. The SMILES string of the molecule is N/C(=N/O)c1c(Cl)cccc1-n1cc([N+](=O)[O-])cn1. The molecule has 0 saturated heterocycles. The molecule has 1 aromatic heterocycles. The maximum atomic E-state index is 10.6. The number of oxime groups is 1. The van der Waals surface area contributed by atoms with Gasteiger partial charge in [0.05, 0.1) is 21.2 Å². The minimum Gasteiger partial charge on any atom is -0.409 e. The maximum Gasteiger partial charge on any atom is 0.307 e. The molecule has 1 heterocycles. The largest absolute Gasteiger partial charge is 0.409 e. The Kier molecular flexibility index (Phi) is 3.34. The molecule has 0 aliphatic rings. The van der Waals surface area contributed by atoms with Crippen LogP contribution < -0.4 is 5.73 Å². The van der Waals surface area contributed by atoms with Crippen LogP contribution in [0.15, 0.2) is 35.7 Å². The van der Waals surface area contributed by atoms with Crippen molar-refractivity contribution in [1.29, 1.82) is 0 Å². The van der Waals surface area contributed by atoms with Gasteiger partial charge in [0.15, 0.2) is 5.84 Å². The lowest BCUT2D eigenvalue weighted by atomic mass is 10.1. The van der Waals surface area contributed by atoms with E-state index in [1.165, 1.54) is 10.9 Å². The van der Waals surface area contributed by atoms with E-state index >= 15 is 0 Å². The highest BCUT2D eigenvalue weighted by molar-refractivity contribution is 6.34. The van der Waals surface area contributed by atoms with E-state index < -0.39 is 4.92 Å². The normalized spacial score (nSPS) is 11.5. The first-order valence-electron chi connectivity index (χ1n) is 5.00. The number of benzene rings is 1. The number of nitro groups is 1. The van der Waals surface area contributed by atoms with Crippen LogP contribution in [0.4, 0.5) is 5.69 Å². The molecular weight excluding hydrogens is 274 g/mol. The predicted molar refractivity (Wildman–Crippen MR) is 67.7 cm³/mol. The van der Waals surface area contributed by atoms with Gasteiger partial charge in [0.2, 0.25) is 0 Å². The van der Waals surface area contributed by atoms with Crippen LogP contribution in [-0.4, -0.2) is 25.7 Å². The van der Waals surface area contributed by atoms with E-state index in [0.29, 0.717) is 5.69 Å². The highest BCUT2D eigenvalue weighted by Crippen LogP contribution is 2.24. The summed E-state index contributed by atoms with van der Waals surface area (Å²) in [5, 5.41) is 26.3. The number of amidine groups is 1. The van der Waals surface area contributed by atoms with Crippen molar-refractivity contribution in [2.45, 2.75) is 0 Å². The van der Waals surface area contributed by atoms with Gasteiger partial charge in [-0.15, -0.1) is 0 Å². The van der Waals surface area contributed by atoms with E-state index in [4.69, 9.17) is 22.5 Å². The summed E-state index contributed by atoms with van der Waals surface area (Å²) in [5.41, 5.74) is 5.98. The summed E-state index contributed by atoms with van der Waals surface area (Å²) in [4.78, 5) is 10.1. The second-order valence-corrected chi connectivity index (χ2v) is 3.93. The van der Waals surface area contributed by atoms with Crippen LogP contribution in [0.1, 0.15) is 5.56 Å². The predicted octanol–water partition coefficient (Wildman–Crippen LogP) is 1.53. The molecule has 98 valence electrons. The molecule has 0 bridgehead atoms. The van der Waals surface area contributed by atoms with Crippen LogP contribution in [0, 0.1) is 10.1 Å². The minimum absolute atomic E-state index is 0.176. The molecule has 0 amide bonds. The first-order chi connectivity index (χ1) is 9.04. The fourth-order valence-corrected chi connectivity index (χ4v) is 1.81. The Morgan fingerprint density at radius 3 is 2.89 bits per heavy atom. The van der Waals surface area contributed by atoms with Gasteiger partial charge in [-0.2, -0.15) is 5.10 Å². The molecule has 0 atom stereocenters. The minimum atomic E-state index is -0.572. The number of hydrogen-bond acceptors (Lipinski definition) is 5. The molecule has 0 aliphatic heterocycles. The number of nitrogens with two attached hydrogens (primary N) is 1. The molecular formula is C10H8ClN5O3. The molecule has 8 nitrogen and oxygen atoms in total. The van der Waals surface area contributed by atoms with Crippen LogP contribution in [-0.2, 0) is 0 Å². The molecule has 2 aromatic rings. The average molecular weight is 282 g/mol. The molecule has 2 rings (SSSR count). The Morgan fingerprint density at radius 1 is 1.58 bits per heavy atom. The molecule has 1 aromatic carbocycles. The quantitative estimate of drug-likeness (QED) is 0.291. The third-order valence-corrected chi connectivity index (χ3v) is 2.70. The Bertz CT molecular complexity index is 667. The van der Waals surface area contributed by atoms with Crippen molar-refractivity contribution in [2.24, 2.45) is 10.9 Å². The van der Waals surface area contributed by atoms with Crippen molar-refractivity contribution < 1.29 is 10.1 Å². The van der Waals surface area contributed by atoms with E-state index in [-0.39, 0.29) is 22.1 Å². The summed E-state index contributed by atoms with van der Waals surface area (Å²) in [6.07, 6.45) is 2.30. The molecule has 0 radical (unpaired) electrons. The van der Waals surface area contributed by atoms with E-state index in [1.807, 2.05) is 0 Å². The monoisotopic (exact) mass is 281 g/mol. The van der Waals surface area contributed by atoms with Crippen LogP contribution in [0.3, 0.4) is 0 Å². The molecule has 3 N–H and O–H groups in total. The van der Waals surface area contributed by atoms with Crippen LogP contribution >= 0.6 is 11.6 Å². The number of hydrogen-bond donors (Lipinski definition) is 2. The van der Waals surface area contributed by atoms with Gasteiger partial charge < -0.3 is 10.9 Å². The van der Waals surface area contributed by atoms with E-state index in [2.05, 4.69) is 10.3 Å². The third kappa shape index (κ3) is 2.33. The number of rotatable bonds is 3. The summed E-state index contributed by atoms with van der Waals surface area (Å²) in [7, 11) is 0. The Balaban J connectivity index is 2.61. The van der Waals surface area contributed by atoms with Crippen molar-refractivity contribution in [3.63, 3.8) is 0 Å². The fourth-order valence-electron chi connectivity index (χ4n) is 1.55. The first kappa shape index (κ1) is 12.8. The van der Waals surface area contributed by atoms with E-state index in [9.17, 15) is 10.1 Å². The van der Waals surface area contributed by atoms with Crippen molar-refractivity contribution in [3.8, 4) is 5.69 Å². The van der Waals surface area contributed by atoms with Crippen molar-refractivity contribution in [3.05, 3.63) is 51.3 Å². The van der Waals surface area contributed by atoms with Crippen LogP contribution in [0.25, 0.3) is 5.69 Å². The van der Waals surface area contributed by atoms with Gasteiger partial charge in [-0.25, -0.2) is 4.68 Å². The van der Waals surface area contributed by atoms with E-state index in [0.717, 1.165) is 6.20 Å². The molecule has 0 aliphatic carbocycles. The third-order valence-electron chi connectivity index (χ3n) is 2.38. The second-order valence-electron chi connectivity index (χ2n) is 3.52. The Labute approximate surface area is 111 Å². The van der Waals surface area contributed by atoms with Crippen LogP contribution in [0.5, 0.6) is 0 Å². The van der Waals surface area contributed by atoms with Crippen molar-refractivity contribution >= 4 is 23.1 Å². The molecule has 0 unspecified atom stereocenters. The zero-order valence-electron chi connectivity index (χ0n) is 9.39. The van der Waals surface area contributed by atoms with Gasteiger partial charge in [-0.3, -0.25) is 10.1 Å². The van der Waals surface area contributed by atoms with Gasteiger partial charge >= 0.3 is 5.69 Å². The van der Waals surface area contributed by atoms with Crippen LogP contribution in [0.2, 0.25) is 5.02 Å². The summed E-state index contributed by atoms with van der Waals surface area (Å²) < 4.78 is 1.23. The number of halogens is 1. The molecule has 0 saturated carbocycles. The number of nitrogens with zero attached hydrogens (tertiary/aromatic N) is 4. The topological polar surface area (TPSA) is 120 Å². The smallest absolute Gasteiger partial charge is 0.307 e. The zero-order chi connectivity index (χ0) is 14.0. The van der Waals surface area contributed by atoms with Gasteiger partial charge in [0, 0.05) is 0 Å². The standard InChI is InChI=1S/C10H8ClN5O3/c11-7-2-1-3-8(9(7)10(12)14-17)15-5-6(4-13-15)16(18)19/h1-5,17H,(H2,12,14). The van der Waals surface area contributed by atoms with Gasteiger partial charge in [0.1, 0.15) is 12.4 Å². The lowest BCUT2D eigenvalue weighted by Crippen LogP contribution is -2.17. The molecule has 9 heteroatoms. The van der Waals surface area contributed by atoms with Crippen molar-refractivity contribution in [2.75, 3.05) is 0 Å². The summed E-state index contributed by atoms with van der Waals surface area (Å²) in [5.74, 6) is -0.209. The average Bonchev–Trinajstić information content (AvgIpc) is 2.87. The van der Waals surface area contributed by atoms with Gasteiger partial charge in [-0.1, -0.05) is 22.8 Å².